The van der Waals surface area contributed by atoms with Gasteiger partial charge in [0.05, 0.1) is 0 Å². The van der Waals surface area contributed by atoms with Gasteiger partial charge in [-0.1, -0.05) is 13.8 Å². The van der Waals surface area contributed by atoms with Crippen LogP contribution in [-0.4, -0.2) is 19.9 Å². The molecule has 18 heavy (non-hydrogen) atoms. The minimum atomic E-state index is -3.64. The second-order valence-electron chi connectivity index (χ2n) is 4.70. The lowest BCUT2D eigenvalue weighted by Crippen LogP contribution is -2.18. The summed E-state index contributed by atoms with van der Waals surface area (Å²) in [7, 11) is -3.64. The summed E-state index contributed by atoms with van der Waals surface area (Å²) in [5, 5.41) is 9.38. The number of H-pyrrole nitrogens is 1. The number of rotatable bonds is 5. The molecule has 0 saturated carbocycles. The van der Waals surface area contributed by atoms with Crippen LogP contribution < -0.4 is 10.5 Å². The summed E-state index contributed by atoms with van der Waals surface area (Å²) in [5.41, 5.74) is 0. The molecule has 0 spiro atoms. The molecule has 0 bridgehead atoms. The van der Waals surface area contributed by atoms with Crippen LogP contribution in [0.3, 0.4) is 0 Å². The van der Waals surface area contributed by atoms with Gasteiger partial charge < -0.3 is 10.3 Å². The molecule has 100 valence electrons. The number of primary sulfonamides is 1. The smallest absolute Gasteiger partial charge is 0.253 e. The molecule has 2 aromatic heterocycles. The topological polar surface area (TPSA) is 88.0 Å². The Morgan fingerprint density at radius 1 is 1.44 bits per heavy atom. The number of aromatic amines is 1. The van der Waals surface area contributed by atoms with Crippen molar-refractivity contribution in [1.29, 1.82) is 0 Å². The van der Waals surface area contributed by atoms with Crippen molar-refractivity contribution in [3.8, 4) is 0 Å². The molecular weight excluding hydrogens is 270 g/mol. The van der Waals surface area contributed by atoms with Crippen molar-refractivity contribution in [1.82, 2.24) is 10.3 Å². The summed E-state index contributed by atoms with van der Waals surface area (Å²) in [6.07, 6.45) is 0. The lowest BCUT2D eigenvalue weighted by Gasteiger charge is -2.04. The fourth-order valence-corrected chi connectivity index (χ4v) is 3.30. The first-order valence-corrected chi connectivity index (χ1v) is 8.07. The third-order valence-corrected chi connectivity index (χ3v) is 4.39. The molecule has 0 atom stereocenters. The Kier molecular flexibility index (Phi) is 3.76. The molecule has 7 heteroatoms. The molecule has 0 aliphatic carbocycles. The minimum absolute atomic E-state index is 0.0745. The van der Waals surface area contributed by atoms with Crippen molar-refractivity contribution in [2.24, 2.45) is 11.1 Å². The van der Waals surface area contributed by atoms with Gasteiger partial charge in [0.1, 0.15) is 9.86 Å². The van der Waals surface area contributed by atoms with Crippen molar-refractivity contribution in [2.75, 3.05) is 6.54 Å². The van der Waals surface area contributed by atoms with Gasteiger partial charge in [0.25, 0.3) is 10.0 Å². The van der Waals surface area contributed by atoms with Crippen LogP contribution in [-0.2, 0) is 16.6 Å². The second-order valence-corrected chi connectivity index (χ2v) is 7.37. The van der Waals surface area contributed by atoms with Crippen LogP contribution in [0.5, 0.6) is 0 Å². The molecule has 2 rings (SSSR count). The number of fused-ring (bicyclic) bond motifs is 1. The van der Waals surface area contributed by atoms with Crippen LogP contribution in [0.1, 0.15) is 18.7 Å². The number of hydrogen-bond acceptors (Lipinski definition) is 4. The van der Waals surface area contributed by atoms with Gasteiger partial charge in [0, 0.05) is 16.8 Å². The molecule has 0 aliphatic heterocycles. The molecule has 0 unspecified atom stereocenters. The van der Waals surface area contributed by atoms with Gasteiger partial charge in [0.2, 0.25) is 0 Å². The Hall–Kier alpha value is -0.890. The van der Waals surface area contributed by atoms with E-state index in [0.717, 1.165) is 23.3 Å². The van der Waals surface area contributed by atoms with Crippen LogP contribution in [0.4, 0.5) is 0 Å². The third kappa shape index (κ3) is 3.11. The maximum absolute atomic E-state index is 11.2. The third-order valence-electron chi connectivity index (χ3n) is 2.49. The summed E-state index contributed by atoms with van der Waals surface area (Å²) in [6, 6.07) is 3.56. The predicted octanol–water partition coefficient (Wildman–Crippen LogP) is 1.62. The summed E-state index contributed by atoms with van der Waals surface area (Å²) < 4.78 is 22.3. The van der Waals surface area contributed by atoms with E-state index in [1.165, 1.54) is 4.88 Å². The molecule has 0 aliphatic rings. The first kappa shape index (κ1) is 13.5. The Labute approximate surface area is 110 Å². The number of aromatic nitrogens is 1. The van der Waals surface area contributed by atoms with Gasteiger partial charge in [0.15, 0.2) is 0 Å². The Bertz CT molecular complexity index is 609. The molecule has 0 radical (unpaired) electrons. The SMILES string of the molecule is CC(C)CNCc1cc2cc(S(N)(=O)=O)[nH]c2s1. The molecule has 0 saturated heterocycles. The lowest BCUT2D eigenvalue weighted by molar-refractivity contribution is 0.555. The predicted molar refractivity (Wildman–Crippen MR) is 74.1 cm³/mol. The standard InChI is InChI=1S/C11H17N3O2S2/c1-7(2)5-13-6-9-3-8-4-10(18(12,15)16)14-11(8)17-9/h3-4,7,13-14H,5-6H2,1-2H3,(H2,12,15,16). The van der Waals surface area contributed by atoms with Gasteiger partial charge in [-0.2, -0.15) is 0 Å². The average molecular weight is 287 g/mol. The van der Waals surface area contributed by atoms with Gasteiger partial charge in [-0.15, -0.1) is 11.3 Å². The van der Waals surface area contributed by atoms with E-state index in [1.807, 2.05) is 6.07 Å². The zero-order chi connectivity index (χ0) is 13.3. The number of hydrogen-bond donors (Lipinski definition) is 3. The highest BCUT2D eigenvalue weighted by molar-refractivity contribution is 7.89. The highest BCUT2D eigenvalue weighted by atomic mass is 32.2. The second kappa shape index (κ2) is 5.00. The van der Waals surface area contributed by atoms with Gasteiger partial charge in [-0.05, 0) is 24.6 Å². The number of thiophene rings is 1. The van der Waals surface area contributed by atoms with E-state index < -0.39 is 10.0 Å². The highest BCUT2D eigenvalue weighted by Gasteiger charge is 2.13. The van der Waals surface area contributed by atoms with Crippen molar-refractivity contribution >= 4 is 31.6 Å². The van der Waals surface area contributed by atoms with Crippen molar-refractivity contribution in [3.63, 3.8) is 0 Å². The summed E-state index contributed by atoms with van der Waals surface area (Å²) in [4.78, 5) is 4.86. The van der Waals surface area contributed by atoms with E-state index in [9.17, 15) is 8.42 Å². The molecule has 2 heterocycles. The van der Waals surface area contributed by atoms with E-state index in [-0.39, 0.29) is 5.03 Å². The van der Waals surface area contributed by atoms with E-state index in [1.54, 1.807) is 17.4 Å². The molecular formula is C11H17N3O2S2. The maximum atomic E-state index is 11.2. The zero-order valence-corrected chi connectivity index (χ0v) is 12.0. The number of nitrogens with two attached hydrogens (primary N) is 1. The molecule has 5 nitrogen and oxygen atoms in total. The number of sulfonamides is 1. The van der Waals surface area contributed by atoms with Crippen molar-refractivity contribution in [3.05, 3.63) is 17.0 Å². The van der Waals surface area contributed by atoms with Crippen LogP contribution in [0.25, 0.3) is 10.2 Å². The van der Waals surface area contributed by atoms with Gasteiger partial charge in [-0.3, -0.25) is 0 Å². The van der Waals surface area contributed by atoms with Crippen LogP contribution in [0, 0.1) is 5.92 Å². The summed E-state index contributed by atoms with van der Waals surface area (Å²) in [6.45, 7) is 6.08. The largest absolute Gasteiger partial charge is 0.336 e. The Morgan fingerprint density at radius 2 is 2.17 bits per heavy atom. The average Bonchev–Trinajstić information content (AvgIpc) is 2.72. The van der Waals surface area contributed by atoms with Crippen LogP contribution >= 0.6 is 11.3 Å². The monoisotopic (exact) mass is 287 g/mol. The maximum Gasteiger partial charge on any atom is 0.253 e. The van der Waals surface area contributed by atoms with Gasteiger partial charge in [-0.25, -0.2) is 13.6 Å². The van der Waals surface area contributed by atoms with E-state index in [4.69, 9.17) is 5.14 Å². The highest BCUT2D eigenvalue weighted by Crippen LogP contribution is 2.27. The normalized spacial score (nSPS) is 12.7. The summed E-state index contributed by atoms with van der Waals surface area (Å²) >= 11 is 1.55. The quantitative estimate of drug-likeness (QED) is 0.781. The van der Waals surface area contributed by atoms with Crippen LogP contribution in [0.15, 0.2) is 17.2 Å². The Balaban J connectivity index is 2.13. The van der Waals surface area contributed by atoms with Crippen LogP contribution in [0.2, 0.25) is 0 Å². The molecule has 2 aromatic rings. The van der Waals surface area contributed by atoms with Crippen molar-refractivity contribution in [2.45, 2.75) is 25.4 Å². The molecule has 0 aromatic carbocycles. The minimum Gasteiger partial charge on any atom is -0.336 e. The lowest BCUT2D eigenvalue weighted by atomic mass is 10.2. The Morgan fingerprint density at radius 3 is 2.72 bits per heavy atom. The van der Waals surface area contributed by atoms with Gasteiger partial charge >= 0.3 is 0 Å². The number of nitrogens with one attached hydrogen (secondary N) is 2. The zero-order valence-electron chi connectivity index (χ0n) is 10.4. The first-order chi connectivity index (χ1) is 8.36. The fourth-order valence-electron chi connectivity index (χ4n) is 1.68. The molecule has 0 amide bonds. The van der Waals surface area contributed by atoms with E-state index >= 15 is 0 Å². The summed E-state index contributed by atoms with van der Waals surface area (Å²) in [5.74, 6) is 0.615. The van der Waals surface area contributed by atoms with E-state index in [0.29, 0.717) is 5.92 Å². The van der Waals surface area contributed by atoms with Crippen molar-refractivity contribution < 1.29 is 8.42 Å². The first-order valence-electron chi connectivity index (χ1n) is 5.71. The molecule has 4 N–H and O–H groups in total. The molecule has 0 fully saturated rings. The fraction of sp³-hybridized carbons (Fsp3) is 0.455. The van der Waals surface area contributed by atoms with E-state index in [2.05, 4.69) is 24.1 Å².